The van der Waals surface area contributed by atoms with Crippen molar-refractivity contribution in [3.8, 4) is 11.5 Å². The van der Waals surface area contributed by atoms with Gasteiger partial charge < -0.3 is 9.47 Å². The van der Waals surface area contributed by atoms with E-state index in [2.05, 4.69) is 20.7 Å². The van der Waals surface area contributed by atoms with E-state index in [0.29, 0.717) is 25.4 Å². The lowest BCUT2D eigenvalue weighted by atomic mass is 10.0. The molecule has 1 aliphatic heterocycles. The largest absolute Gasteiger partial charge is 0.494 e. The van der Waals surface area contributed by atoms with E-state index in [0.717, 1.165) is 15.8 Å². The van der Waals surface area contributed by atoms with Crippen molar-refractivity contribution in [1.29, 1.82) is 0 Å². The first kappa shape index (κ1) is 17.3. The molecule has 2 aromatic rings. The summed E-state index contributed by atoms with van der Waals surface area (Å²) in [6.07, 6.45) is 0.588. The second-order valence-corrected chi connectivity index (χ2v) is 8.12. The fourth-order valence-corrected chi connectivity index (χ4v) is 4.24. The third-order valence-electron chi connectivity index (χ3n) is 3.70. The fraction of sp³-hybridized carbons (Fsp3) is 0.294. The van der Waals surface area contributed by atoms with E-state index in [1.165, 1.54) is 0 Å². The van der Waals surface area contributed by atoms with Crippen LogP contribution in [0.15, 0.2) is 51.8 Å². The minimum Gasteiger partial charge on any atom is -0.494 e. The van der Waals surface area contributed by atoms with Gasteiger partial charge in [0.15, 0.2) is 0 Å². The van der Waals surface area contributed by atoms with E-state index in [-0.39, 0.29) is 10.9 Å². The Balaban J connectivity index is 1.73. The number of sulfonamides is 1. The highest BCUT2D eigenvalue weighted by Gasteiger charge is 2.25. The zero-order chi connectivity index (χ0) is 17.2. The second kappa shape index (κ2) is 7.13. The topological polar surface area (TPSA) is 64.6 Å². The predicted octanol–water partition coefficient (Wildman–Crippen LogP) is 3.13. The third kappa shape index (κ3) is 3.91. The van der Waals surface area contributed by atoms with Gasteiger partial charge in [0.05, 0.1) is 17.5 Å². The minimum atomic E-state index is -3.60. The monoisotopic (exact) mass is 411 g/mol. The Kier molecular flexibility index (Phi) is 5.12. The van der Waals surface area contributed by atoms with Gasteiger partial charge in [-0.3, -0.25) is 0 Å². The molecule has 24 heavy (non-hydrogen) atoms. The third-order valence-corrected chi connectivity index (χ3v) is 5.73. The molecule has 1 N–H and O–H groups in total. The smallest absolute Gasteiger partial charge is 0.240 e. The molecule has 0 aliphatic carbocycles. The Morgan fingerprint density at radius 1 is 1.25 bits per heavy atom. The highest BCUT2D eigenvalue weighted by Crippen LogP contribution is 2.28. The molecular weight excluding hydrogens is 394 g/mol. The molecule has 2 aromatic carbocycles. The van der Waals surface area contributed by atoms with Crippen LogP contribution >= 0.6 is 15.9 Å². The van der Waals surface area contributed by atoms with Crippen molar-refractivity contribution < 1.29 is 17.9 Å². The predicted molar refractivity (Wildman–Crippen MR) is 95.1 cm³/mol. The van der Waals surface area contributed by atoms with E-state index >= 15 is 0 Å². The van der Waals surface area contributed by atoms with Crippen molar-refractivity contribution in [2.75, 3.05) is 13.2 Å². The summed E-state index contributed by atoms with van der Waals surface area (Å²) in [6.45, 7) is 2.73. The van der Waals surface area contributed by atoms with Gasteiger partial charge >= 0.3 is 0 Å². The first-order chi connectivity index (χ1) is 11.5. The van der Waals surface area contributed by atoms with Gasteiger partial charge in [-0.2, -0.15) is 0 Å². The molecule has 0 saturated carbocycles. The van der Waals surface area contributed by atoms with Crippen LogP contribution < -0.4 is 14.2 Å². The van der Waals surface area contributed by atoms with Crippen LogP contribution in [0, 0.1) is 0 Å². The molecule has 1 aliphatic rings. The van der Waals surface area contributed by atoms with Crippen LogP contribution in [0.4, 0.5) is 0 Å². The maximum atomic E-state index is 12.5. The van der Waals surface area contributed by atoms with Crippen LogP contribution in [-0.4, -0.2) is 27.7 Å². The van der Waals surface area contributed by atoms with E-state index in [9.17, 15) is 8.42 Å². The molecule has 0 saturated heterocycles. The van der Waals surface area contributed by atoms with Gasteiger partial charge in [-0.05, 0) is 61.4 Å². The van der Waals surface area contributed by atoms with Crippen LogP contribution in [-0.2, 0) is 16.4 Å². The summed E-state index contributed by atoms with van der Waals surface area (Å²) >= 11 is 3.42. The van der Waals surface area contributed by atoms with Crippen molar-refractivity contribution >= 4 is 26.0 Å². The highest BCUT2D eigenvalue weighted by molar-refractivity contribution is 9.10. The molecule has 5 nitrogen and oxygen atoms in total. The molecular formula is C17H18BrNO4S. The second-order valence-electron chi connectivity index (χ2n) is 5.49. The van der Waals surface area contributed by atoms with Crippen molar-refractivity contribution in [3.63, 3.8) is 0 Å². The maximum Gasteiger partial charge on any atom is 0.240 e. The number of halogens is 1. The van der Waals surface area contributed by atoms with E-state index < -0.39 is 10.0 Å². The number of nitrogens with one attached hydrogen (secondary N) is 1. The number of ether oxygens (including phenoxy) is 2. The molecule has 128 valence electrons. The summed E-state index contributed by atoms with van der Waals surface area (Å²) in [5, 5.41) is 0. The highest BCUT2D eigenvalue weighted by atomic mass is 79.9. The molecule has 0 spiro atoms. The molecule has 0 amide bonds. The summed E-state index contributed by atoms with van der Waals surface area (Å²) in [4.78, 5) is 0.214. The van der Waals surface area contributed by atoms with Gasteiger partial charge in [-0.25, -0.2) is 13.1 Å². The quantitative estimate of drug-likeness (QED) is 0.820. The van der Waals surface area contributed by atoms with Crippen molar-refractivity contribution in [2.45, 2.75) is 24.3 Å². The standard InChI is InChI=1S/C17H18BrNO4S/c1-2-22-15-4-6-16(7-5-15)24(20,21)19-14-10-12-9-13(18)3-8-17(12)23-11-14/h3-9,14,19H,2,10-11H2,1H3/t14-/m1/s1. The summed E-state index contributed by atoms with van der Waals surface area (Å²) in [6, 6.07) is 11.8. The molecule has 1 atom stereocenters. The molecule has 3 rings (SSSR count). The van der Waals surface area contributed by atoms with Crippen LogP contribution in [0.1, 0.15) is 12.5 Å². The summed E-state index contributed by atoms with van der Waals surface area (Å²) in [7, 11) is -3.60. The summed E-state index contributed by atoms with van der Waals surface area (Å²) in [5.74, 6) is 1.45. The number of hydrogen-bond acceptors (Lipinski definition) is 4. The van der Waals surface area contributed by atoms with Gasteiger partial charge in [-0.15, -0.1) is 0 Å². The van der Waals surface area contributed by atoms with E-state index in [1.54, 1.807) is 24.3 Å². The number of fused-ring (bicyclic) bond motifs is 1. The molecule has 0 fully saturated rings. The zero-order valence-electron chi connectivity index (χ0n) is 13.2. The lowest BCUT2D eigenvalue weighted by Crippen LogP contribution is -2.42. The van der Waals surface area contributed by atoms with Crippen LogP contribution in [0.25, 0.3) is 0 Å². The lowest BCUT2D eigenvalue weighted by molar-refractivity contribution is 0.254. The minimum absolute atomic E-state index is 0.214. The average Bonchev–Trinajstić information content (AvgIpc) is 2.55. The average molecular weight is 412 g/mol. The maximum absolute atomic E-state index is 12.5. The number of benzene rings is 2. The normalized spacial score (nSPS) is 17.0. The van der Waals surface area contributed by atoms with Gasteiger partial charge in [0.1, 0.15) is 18.1 Å². The Morgan fingerprint density at radius 3 is 2.71 bits per heavy atom. The van der Waals surface area contributed by atoms with Gasteiger partial charge in [0.2, 0.25) is 10.0 Å². The van der Waals surface area contributed by atoms with Gasteiger partial charge in [-0.1, -0.05) is 15.9 Å². The first-order valence-corrected chi connectivity index (χ1v) is 9.92. The molecule has 0 aromatic heterocycles. The van der Waals surface area contributed by atoms with Crippen LogP contribution in [0.5, 0.6) is 11.5 Å². The summed E-state index contributed by atoms with van der Waals surface area (Å²) in [5.41, 5.74) is 0.981. The zero-order valence-corrected chi connectivity index (χ0v) is 15.6. The molecule has 0 unspecified atom stereocenters. The number of rotatable bonds is 5. The number of hydrogen-bond donors (Lipinski definition) is 1. The van der Waals surface area contributed by atoms with Gasteiger partial charge in [0.25, 0.3) is 0 Å². The van der Waals surface area contributed by atoms with Crippen molar-refractivity contribution in [1.82, 2.24) is 4.72 Å². The van der Waals surface area contributed by atoms with Crippen LogP contribution in [0.3, 0.4) is 0 Å². The van der Waals surface area contributed by atoms with E-state index in [4.69, 9.17) is 9.47 Å². The molecule has 0 bridgehead atoms. The van der Waals surface area contributed by atoms with Crippen molar-refractivity contribution in [3.05, 3.63) is 52.5 Å². The Hall–Kier alpha value is -1.57. The molecule has 7 heteroatoms. The SMILES string of the molecule is CCOc1ccc(S(=O)(=O)N[C@H]2COc3ccc(Br)cc3C2)cc1. The van der Waals surface area contributed by atoms with Crippen molar-refractivity contribution in [2.24, 2.45) is 0 Å². The Labute approximate surface area is 150 Å². The van der Waals surface area contributed by atoms with E-state index in [1.807, 2.05) is 25.1 Å². The fourth-order valence-electron chi connectivity index (χ4n) is 2.61. The Bertz CT molecular complexity index is 821. The molecule has 0 radical (unpaired) electrons. The van der Waals surface area contributed by atoms with Gasteiger partial charge in [0, 0.05) is 4.47 Å². The first-order valence-electron chi connectivity index (χ1n) is 7.64. The lowest BCUT2D eigenvalue weighted by Gasteiger charge is -2.26. The molecule has 1 heterocycles. The van der Waals surface area contributed by atoms with Crippen LogP contribution in [0.2, 0.25) is 0 Å². The summed E-state index contributed by atoms with van der Waals surface area (Å²) < 4.78 is 39.7. The Morgan fingerprint density at radius 2 is 2.00 bits per heavy atom.